The molecular weight excluding hydrogens is 368 g/mol. The molecule has 0 aliphatic heterocycles. The quantitative estimate of drug-likeness (QED) is 0.668. The molecule has 0 heterocycles. The zero-order chi connectivity index (χ0) is 19.9. The van der Waals surface area contributed by atoms with Crippen LogP contribution < -0.4 is 19.9 Å². The molecule has 0 saturated heterocycles. The molecule has 3 N–H and O–H groups in total. The molecule has 0 aliphatic rings. The van der Waals surface area contributed by atoms with Crippen molar-refractivity contribution >= 4 is 22.0 Å². The predicted molar refractivity (Wildman–Crippen MR) is 103 cm³/mol. The molecule has 0 atom stereocenters. The summed E-state index contributed by atoms with van der Waals surface area (Å²) in [5.74, 6) is 1.03. The van der Waals surface area contributed by atoms with Gasteiger partial charge in [0.05, 0.1) is 19.1 Å². The number of ether oxygens (including phenoxy) is 2. The van der Waals surface area contributed by atoms with E-state index in [1.54, 1.807) is 50.6 Å². The summed E-state index contributed by atoms with van der Waals surface area (Å²) >= 11 is 0. The van der Waals surface area contributed by atoms with Crippen LogP contribution in [0.25, 0.3) is 6.08 Å². The van der Waals surface area contributed by atoms with Gasteiger partial charge in [-0.15, -0.1) is 0 Å². The van der Waals surface area contributed by atoms with E-state index in [1.165, 1.54) is 18.2 Å². The minimum Gasteiger partial charge on any atom is -0.497 e. The van der Waals surface area contributed by atoms with Crippen molar-refractivity contribution in [3.63, 3.8) is 0 Å². The number of rotatable bonds is 8. The van der Waals surface area contributed by atoms with Crippen LogP contribution >= 0.6 is 0 Å². The van der Waals surface area contributed by atoms with E-state index in [9.17, 15) is 13.2 Å². The molecule has 1 amide bonds. The van der Waals surface area contributed by atoms with Crippen LogP contribution in [0.5, 0.6) is 11.5 Å². The molecule has 0 aliphatic carbocycles. The first-order valence-corrected chi connectivity index (χ1v) is 9.67. The van der Waals surface area contributed by atoms with Gasteiger partial charge in [0.15, 0.2) is 0 Å². The number of amides is 1. The molecule has 0 unspecified atom stereocenters. The summed E-state index contributed by atoms with van der Waals surface area (Å²) in [6.07, 6.45) is 3.66. The number of sulfonamides is 1. The van der Waals surface area contributed by atoms with Gasteiger partial charge in [0.1, 0.15) is 11.5 Å². The van der Waals surface area contributed by atoms with Crippen molar-refractivity contribution < 1.29 is 22.7 Å². The SMILES string of the molecule is COc1cc(/C=C/C(=O)NCCc2ccc(S(N)(=O)=O)cc2)cc(OC)c1. The average Bonchev–Trinajstić information content (AvgIpc) is 2.65. The van der Waals surface area contributed by atoms with Crippen molar-refractivity contribution in [2.45, 2.75) is 11.3 Å². The fourth-order valence-corrected chi connectivity index (χ4v) is 2.85. The highest BCUT2D eigenvalue weighted by molar-refractivity contribution is 7.89. The van der Waals surface area contributed by atoms with Gasteiger partial charge in [0, 0.05) is 18.7 Å². The molecule has 27 heavy (non-hydrogen) atoms. The lowest BCUT2D eigenvalue weighted by Crippen LogP contribution is -2.23. The lowest BCUT2D eigenvalue weighted by Gasteiger charge is -2.06. The number of carbonyl (C=O) groups is 1. The van der Waals surface area contributed by atoms with Crippen LogP contribution in [0.1, 0.15) is 11.1 Å². The summed E-state index contributed by atoms with van der Waals surface area (Å²) in [5.41, 5.74) is 1.67. The highest BCUT2D eigenvalue weighted by Crippen LogP contribution is 2.23. The molecule has 0 spiro atoms. The molecule has 2 aromatic rings. The number of carbonyl (C=O) groups excluding carboxylic acids is 1. The van der Waals surface area contributed by atoms with Gasteiger partial charge >= 0.3 is 0 Å². The summed E-state index contributed by atoms with van der Waals surface area (Å²) < 4.78 is 32.8. The van der Waals surface area contributed by atoms with Gasteiger partial charge in [-0.05, 0) is 47.9 Å². The van der Waals surface area contributed by atoms with Crippen molar-refractivity contribution in [3.05, 3.63) is 59.7 Å². The van der Waals surface area contributed by atoms with Crippen LogP contribution in [0, 0.1) is 0 Å². The Bertz CT molecular complexity index is 899. The van der Waals surface area contributed by atoms with Gasteiger partial charge < -0.3 is 14.8 Å². The molecule has 0 radical (unpaired) electrons. The van der Waals surface area contributed by atoms with E-state index in [4.69, 9.17) is 14.6 Å². The first kappa shape index (κ1) is 20.5. The molecule has 144 valence electrons. The molecule has 0 aromatic heterocycles. The Morgan fingerprint density at radius 3 is 2.19 bits per heavy atom. The van der Waals surface area contributed by atoms with Crippen LogP contribution in [-0.4, -0.2) is 35.1 Å². The van der Waals surface area contributed by atoms with E-state index in [1.807, 2.05) is 0 Å². The second-order valence-electron chi connectivity index (χ2n) is 5.71. The molecule has 0 fully saturated rings. The maximum atomic E-state index is 11.9. The van der Waals surface area contributed by atoms with E-state index in [0.717, 1.165) is 11.1 Å². The van der Waals surface area contributed by atoms with Crippen LogP contribution in [0.3, 0.4) is 0 Å². The topological polar surface area (TPSA) is 108 Å². The van der Waals surface area contributed by atoms with Crippen LogP contribution in [0.15, 0.2) is 53.4 Å². The number of benzene rings is 2. The van der Waals surface area contributed by atoms with Crippen LogP contribution in [0.4, 0.5) is 0 Å². The van der Waals surface area contributed by atoms with Gasteiger partial charge in [-0.25, -0.2) is 13.6 Å². The van der Waals surface area contributed by atoms with Crippen molar-refractivity contribution in [3.8, 4) is 11.5 Å². The lowest BCUT2D eigenvalue weighted by atomic mass is 10.1. The Morgan fingerprint density at radius 1 is 1.07 bits per heavy atom. The number of primary sulfonamides is 1. The Balaban J connectivity index is 1.88. The highest BCUT2D eigenvalue weighted by atomic mass is 32.2. The van der Waals surface area contributed by atoms with E-state index in [-0.39, 0.29) is 10.8 Å². The molecular formula is C19H22N2O5S. The Hall–Kier alpha value is -2.84. The van der Waals surface area contributed by atoms with E-state index >= 15 is 0 Å². The van der Waals surface area contributed by atoms with Gasteiger partial charge in [0.25, 0.3) is 0 Å². The van der Waals surface area contributed by atoms with E-state index < -0.39 is 10.0 Å². The molecule has 0 bridgehead atoms. The third-order valence-electron chi connectivity index (χ3n) is 3.77. The second-order valence-corrected chi connectivity index (χ2v) is 7.27. The Labute approximate surface area is 158 Å². The minimum atomic E-state index is -3.69. The van der Waals surface area contributed by atoms with Crippen molar-refractivity contribution in [2.75, 3.05) is 20.8 Å². The predicted octanol–water partition coefficient (Wildman–Crippen LogP) is 1.72. The molecule has 0 saturated carbocycles. The third kappa shape index (κ3) is 6.43. The van der Waals surface area contributed by atoms with Gasteiger partial charge in [-0.3, -0.25) is 4.79 Å². The smallest absolute Gasteiger partial charge is 0.244 e. The standard InChI is InChI=1S/C19H22N2O5S/c1-25-16-11-15(12-17(13-16)26-2)5-8-19(22)21-10-9-14-3-6-18(7-4-14)27(20,23)24/h3-8,11-13H,9-10H2,1-2H3,(H,21,22)(H2,20,23,24)/b8-5+. The van der Waals surface area contributed by atoms with Crippen molar-refractivity contribution in [1.82, 2.24) is 5.32 Å². The normalized spacial score (nSPS) is 11.4. The number of hydrogen-bond acceptors (Lipinski definition) is 5. The fourth-order valence-electron chi connectivity index (χ4n) is 2.33. The first-order valence-electron chi connectivity index (χ1n) is 8.12. The zero-order valence-electron chi connectivity index (χ0n) is 15.1. The largest absolute Gasteiger partial charge is 0.497 e. The zero-order valence-corrected chi connectivity index (χ0v) is 16.0. The Kier molecular flexibility index (Phi) is 6.98. The number of nitrogens with two attached hydrogens (primary N) is 1. The van der Waals surface area contributed by atoms with Gasteiger partial charge in [-0.1, -0.05) is 12.1 Å². The van der Waals surface area contributed by atoms with Gasteiger partial charge in [-0.2, -0.15) is 0 Å². The number of methoxy groups -OCH3 is 2. The van der Waals surface area contributed by atoms with Crippen LogP contribution in [0.2, 0.25) is 0 Å². The summed E-state index contributed by atoms with van der Waals surface area (Å²) in [7, 11) is -0.574. The van der Waals surface area contributed by atoms with Crippen molar-refractivity contribution in [2.24, 2.45) is 5.14 Å². The summed E-state index contributed by atoms with van der Waals surface area (Å²) in [5, 5.41) is 7.83. The second kappa shape index (κ2) is 9.20. The summed E-state index contributed by atoms with van der Waals surface area (Å²) in [4.78, 5) is 12.0. The van der Waals surface area contributed by atoms with Crippen LogP contribution in [-0.2, 0) is 21.2 Å². The van der Waals surface area contributed by atoms with Crippen molar-refractivity contribution in [1.29, 1.82) is 0 Å². The highest BCUT2D eigenvalue weighted by Gasteiger charge is 2.06. The first-order chi connectivity index (χ1) is 12.8. The number of hydrogen-bond donors (Lipinski definition) is 2. The van der Waals surface area contributed by atoms with E-state index in [2.05, 4.69) is 5.32 Å². The fraction of sp³-hybridized carbons (Fsp3) is 0.211. The molecule has 2 rings (SSSR count). The maximum absolute atomic E-state index is 11.9. The number of nitrogens with one attached hydrogen (secondary N) is 1. The third-order valence-corrected chi connectivity index (χ3v) is 4.69. The molecule has 8 heteroatoms. The maximum Gasteiger partial charge on any atom is 0.244 e. The van der Waals surface area contributed by atoms with E-state index in [0.29, 0.717) is 24.5 Å². The molecule has 7 nitrogen and oxygen atoms in total. The lowest BCUT2D eigenvalue weighted by molar-refractivity contribution is -0.116. The average molecular weight is 390 g/mol. The minimum absolute atomic E-state index is 0.0620. The molecule has 2 aromatic carbocycles. The summed E-state index contributed by atoms with van der Waals surface area (Å²) in [6, 6.07) is 11.6. The Morgan fingerprint density at radius 2 is 1.67 bits per heavy atom. The summed E-state index contributed by atoms with van der Waals surface area (Å²) in [6.45, 7) is 0.416. The monoisotopic (exact) mass is 390 g/mol. The van der Waals surface area contributed by atoms with Gasteiger partial charge in [0.2, 0.25) is 15.9 Å².